The van der Waals surface area contributed by atoms with E-state index < -0.39 is 17.7 Å². The van der Waals surface area contributed by atoms with Gasteiger partial charge in [-0.2, -0.15) is 0 Å². The first kappa shape index (κ1) is 21.3. The minimum absolute atomic E-state index is 0.0999. The van der Waals surface area contributed by atoms with Crippen molar-refractivity contribution in [3.8, 4) is 22.1 Å². The van der Waals surface area contributed by atoms with Crippen LogP contribution in [0.1, 0.15) is 22.5 Å². The summed E-state index contributed by atoms with van der Waals surface area (Å²) in [5.41, 5.74) is 2.05. The summed E-state index contributed by atoms with van der Waals surface area (Å²) in [5.74, 6) is -3.53. The van der Waals surface area contributed by atoms with Crippen LogP contribution in [0.15, 0.2) is 24.5 Å². The number of rotatable bonds is 7. The molecule has 0 saturated heterocycles. The summed E-state index contributed by atoms with van der Waals surface area (Å²) >= 11 is 6.98. The third-order valence-electron chi connectivity index (χ3n) is 4.62. The quantitative estimate of drug-likeness (QED) is 0.518. The molecule has 12 heteroatoms. The van der Waals surface area contributed by atoms with Crippen molar-refractivity contribution in [2.24, 2.45) is 5.92 Å². The van der Waals surface area contributed by atoms with Gasteiger partial charge in [-0.05, 0) is 30.4 Å². The molecule has 3 aromatic heterocycles. The fraction of sp³-hybridized carbons (Fsp3) is 0.316. The molecule has 1 aliphatic carbocycles. The average molecular weight is 468 g/mol. The van der Waals surface area contributed by atoms with E-state index in [1.807, 2.05) is 0 Å². The number of anilines is 1. The van der Waals surface area contributed by atoms with Gasteiger partial charge in [0.1, 0.15) is 10.9 Å². The van der Waals surface area contributed by atoms with Gasteiger partial charge in [0.2, 0.25) is 5.13 Å². The zero-order valence-electron chi connectivity index (χ0n) is 16.4. The highest BCUT2D eigenvalue weighted by Crippen LogP contribution is 2.48. The molecule has 4 rings (SSSR count). The number of aryl methyl sites for hydroxylation is 1. The van der Waals surface area contributed by atoms with Crippen LogP contribution in [0.2, 0.25) is 5.15 Å². The number of methoxy groups -OCH3 is 1. The summed E-state index contributed by atoms with van der Waals surface area (Å²) in [4.78, 5) is 21.1. The summed E-state index contributed by atoms with van der Waals surface area (Å²) in [6, 6.07) is 3.32. The van der Waals surface area contributed by atoms with Gasteiger partial charge in [-0.15, -0.1) is 5.10 Å². The molecule has 1 saturated carbocycles. The molecule has 1 fully saturated rings. The zero-order chi connectivity index (χ0) is 22.2. The third-order valence-corrected chi connectivity index (χ3v) is 5.58. The van der Waals surface area contributed by atoms with Crippen molar-refractivity contribution in [3.05, 3.63) is 40.9 Å². The van der Waals surface area contributed by atoms with Crippen molar-refractivity contribution < 1.29 is 23.0 Å². The second-order valence-electron chi connectivity index (χ2n) is 6.88. The highest BCUT2D eigenvalue weighted by Gasteiger charge is 2.57. The molecule has 0 spiro atoms. The fourth-order valence-electron chi connectivity index (χ4n) is 2.86. The van der Waals surface area contributed by atoms with Crippen LogP contribution in [0.25, 0.3) is 11.1 Å². The van der Waals surface area contributed by atoms with Gasteiger partial charge in [0.15, 0.2) is 0 Å². The Morgan fingerprint density at radius 1 is 1.29 bits per heavy atom. The molecule has 0 aromatic carbocycles. The maximum absolute atomic E-state index is 13.0. The largest absolute Gasteiger partial charge is 0.494 e. The Kier molecular flexibility index (Phi) is 5.71. The number of hydrogen-bond donors (Lipinski definition) is 1. The zero-order valence-corrected chi connectivity index (χ0v) is 17.9. The lowest BCUT2D eigenvalue weighted by molar-refractivity contribution is 0.0854. The molecule has 31 heavy (non-hydrogen) atoms. The number of carbonyl (C=O) groups is 1. The molecule has 3 aromatic rings. The molecule has 1 N–H and O–H groups in total. The van der Waals surface area contributed by atoms with E-state index in [4.69, 9.17) is 21.1 Å². The number of ether oxygens (including phenoxy) is 2. The second-order valence-corrected chi connectivity index (χ2v) is 8.21. The molecule has 0 bridgehead atoms. The highest BCUT2D eigenvalue weighted by atomic mass is 35.5. The lowest BCUT2D eigenvalue weighted by atomic mass is 10.0. The van der Waals surface area contributed by atoms with Crippen LogP contribution in [-0.2, 0) is 0 Å². The smallest absolute Gasteiger partial charge is 0.295 e. The first-order valence-corrected chi connectivity index (χ1v) is 10.3. The summed E-state index contributed by atoms with van der Waals surface area (Å²) in [5, 5.41) is 10.7. The van der Waals surface area contributed by atoms with Gasteiger partial charge in [0.25, 0.3) is 17.0 Å². The van der Waals surface area contributed by atoms with Crippen molar-refractivity contribution in [3.63, 3.8) is 0 Å². The minimum Gasteiger partial charge on any atom is -0.494 e. The summed E-state index contributed by atoms with van der Waals surface area (Å²) in [6.45, 7) is 1.64. The Hall–Kier alpha value is -2.92. The van der Waals surface area contributed by atoms with Crippen LogP contribution in [0, 0.1) is 12.8 Å². The number of aromatic nitrogens is 4. The maximum atomic E-state index is 13.0. The predicted molar refractivity (Wildman–Crippen MR) is 110 cm³/mol. The molecular formula is C19H16ClF2N5O3S. The number of nitrogens with one attached hydrogen (secondary N) is 1. The predicted octanol–water partition coefficient (Wildman–Crippen LogP) is 4.25. The summed E-state index contributed by atoms with van der Waals surface area (Å²) < 4.78 is 36.5. The van der Waals surface area contributed by atoms with Gasteiger partial charge in [0.05, 0.1) is 31.4 Å². The van der Waals surface area contributed by atoms with Crippen molar-refractivity contribution >= 4 is 34.0 Å². The van der Waals surface area contributed by atoms with Crippen LogP contribution in [0.4, 0.5) is 13.9 Å². The number of nitrogens with zero attached hydrogens (tertiary/aromatic N) is 4. The van der Waals surface area contributed by atoms with Crippen LogP contribution in [-0.4, -0.2) is 45.7 Å². The highest BCUT2D eigenvalue weighted by molar-refractivity contribution is 7.17. The normalized spacial score (nSPS) is 16.6. The number of halogens is 3. The lowest BCUT2D eigenvalue weighted by Crippen LogP contribution is -2.14. The fourth-order valence-corrected chi connectivity index (χ4v) is 3.62. The monoisotopic (exact) mass is 467 g/mol. The average Bonchev–Trinajstić information content (AvgIpc) is 3.12. The van der Waals surface area contributed by atoms with E-state index in [1.54, 1.807) is 19.1 Å². The lowest BCUT2D eigenvalue weighted by Gasteiger charge is -2.13. The molecule has 1 amide bonds. The van der Waals surface area contributed by atoms with Crippen molar-refractivity contribution in [2.45, 2.75) is 19.3 Å². The molecule has 8 nitrogen and oxygen atoms in total. The van der Waals surface area contributed by atoms with E-state index in [0.717, 1.165) is 11.3 Å². The van der Waals surface area contributed by atoms with E-state index >= 15 is 0 Å². The summed E-state index contributed by atoms with van der Waals surface area (Å²) in [6.07, 6.45) is 2.70. The van der Waals surface area contributed by atoms with Gasteiger partial charge in [0, 0.05) is 29.4 Å². The molecular weight excluding hydrogens is 452 g/mol. The van der Waals surface area contributed by atoms with Gasteiger partial charge in [-0.3, -0.25) is 15.1 Å². The number of amides is 1. The SMILES string of the molecule is COc1cnc(Cl)cc1-c1cc(C)ncc1C(=O)Nc1nnc(OCC2CC2(F)F)s1. The third kappa shape index (κ3) is 4.72. The van der Waals surface area contributed by atoms with Gasteiger partial charge in [-0.1, -0.05) is 16.7 Å². The molecule has 1 atom stereocenters. The molecule has 0 aliphatic heterocycles. The van der Waals surface area contributed by atoms with Crippen LogP contribution in [0.5, 0.6) is 10.9 Å². The number of pyridine rings is 2. The standard InChI is InChI=1S/C19H16ClF2N5O3S/c1-9-3-11(12-4-15(20)24-7-14(12)29-2)13(6-23-9)16(28)25-17-26-27-18(31-17)30-8-10-5-19(10,21)22/h3-4,6-7,10H,5,8H2,1-2H3,(H,25,26,28). The first-order valence-electron chi connectivity index (χ1n) is 9.09. The van der Waals surface area contributed by atoms with Gasteiger partial charge in [-0.25, -0.2) is 13.8 Å². The molecule has 162 valence electrons. The topological polar surface area (TPSA) is 99.1 Å². The second kappa shape index (κ2) is 8.31. The number of alkyl halides is 2. The minimum atomic E-state index is -2.67. The molecule has 1 unspecified atom stereocenters. The molecule has 1 aliphatic rings. The van der Waals surface area contributed by atoms with Crippen molar-refractivity contribution in [1.29, 1.82) is 0 Å². The Morgan fingerprint density at radius 2 is 2.06 bits per heavy atom. The van der Waals surface area contributed by atoms with Crippen LogP contribution < -0.4 is 14.8 Å². The first-order chi connectivity index (χ1) is 14.8. The number of carbonyl (C=O) groups excluding carboxylic acids is 1. The van der Waals surface area contributed by atoms with E-state index in [2.05, 4.69) is 25.5 Å². The Bertz CT molecular complexity index is 1140. The van der Waals surface area contributed by atoms with E-state index in [-0.39, 0.29) is 34.1 Å². The van der Waals surface area contributed by atoms with Crippen molar-refractivity contribution in [1.82, 2.24) is 20.2 Å². The molecule has 0 radical (unpaired) electrons. The number of hydrogen-bond acceptors (Lipinski definition) is 8. The van der Waals surface area contributed by atoms with E-state index in [9.17, 15) is 13.6 Å². The summed E-state index contributed by atoms with van der Waals surface area (Å²) in [7, 11) is 1.49. The Labute approximate surface area is 184 Å². The molecule has 3 heterocycles. The Balaban J connectivity index is 1.54. The van der Waals surface area contributed by atoms with Crippen LogP contribution in [0.3, 0.4) is 0 Å². The van der Waals surface area contributed by atoms with Crippen molar-refractivity contribution in [2.75, 3.05) is 19.0 Å². The maximum Gasteiger partial charge on any atom is 0.295 e. The Morgan fingerprint density at radius 3 is 2.77 bits per heavy atom. The van der Waals surface area contributed by atoms with E-state index in [1.165, 1.54) is 19.5 Å². The van der Waals surface area contributed by atoms with Gasteiger partial charge >= 0.3 is 0 Å². The van der Waals surface area contributed by atoms with Crippen LogP contribution >= 0.6 is 22.9 Å². The van der Waals surface area contributed by atoms with E-state index in [0.29, 0.717) is 22.6 Å². The van der Waals surface area contributed by atoms with Gasteiger partial charge < -0.3 is 9.47 Å².